The van der Waals surface area contributed by atoms with E-state index < -0.39 is 5.56 Å². The van der Waals surface area contributed by atoms with Gasteiger partial charge >= 0.3 is 0 Å². The lowest BCUT2D eigenvalue weighted by atomic mass is 10.2. The van der Waals surface area contributed by atoms with E-state index in [9.17, 15) is 9.59 Å². The average Bonchev–Trinajstić information content (AvgIpc) is 3.49. The molecule has 2 aromatic heterocycles. The molecular formula is C22H27ClN8O2. The van der Waals surface area contributed by atoms with Gasteiger partial charge in [-0.25, -0.2) is 14.6 Å². The zero-order valence-electron chi connectivity index (χ0n) is 18.2. The summed E-state index contributed by atoms with van der Waals surface area (Å²) in [4.78, 5) is 33.4. The van der Waals surface area contributed by atoms with E-state index in [0.717, 1.165) is 36.7 Å². The Bertz CT molecular complexity index is 1130. The molecule has 0 saturated heterocycles. The third-order valence-electron chi connectivity index (χ3n) is 5.39. The quantitative estimate of drug-likeness (QED) is 0.344. The maximum atomic E-state index is 12.8. The number of hydrogen-bond donors (Lipinski definition) is 3. The highest BCUT2D eigenvalue weighted by atomic mass is 35.5. The van der Waals surface area contributed by atoms with Crippen molar-refractivity contribution in [1.82, 2.24) is 34.9 Å². The second-order valence-corrected chi connectivity index (χ2v) is 8.38. The maximum Gasteiger partial charge on any atom is 0.294 e. The first-order valence-corrected chi connectivity index (χ1v) is 11.4. The Morgan fingerprint density at radius 3 is 2.85 bits per heavy atom. The van der Waals surface area contributed by atoms with Crippen molar-refractivity contribution in [2.24, 2.45) is 5.92 Å². The molecule has 1 aliphatic rings. The van der Waals surface area contributed by atoms with E-state index in [1.807, 2.05) is 24.3 Å². The van der Waals surface area contributed by atoms with Gasteiger partial charge in [-0.3, -0.25) is 14.2 Å². The fourth-order valence-corrected chi connectivity index (χ4v) is 3.58. The standard InChI is InChI=1S/C22H27ClN8O2/c23-19-12-28-21(26-9-3-8-24-10-16-6-7-16)22(33)30(19)13-20(32)27-11-17-4-1-2-5-18(17)31-15-25-14-29-31/h1-2,4-5,12,14-16,24H,3,6-11,13H2,(H,26,28)(H,27,32). The molecule has 1 aromatic carbocycles. The average molecular weight is 471 g/mol. The number of carbonyl (C=O) groups is 1. The van der Waals surface area contributed by atoms with Crippen molar-refractivity contribution in [2.45, 2.75) is 32.4 Å². The summed E-state index contributed by atoms with van der Waals surface area (Å²) in [7, 11) is 0. The van der Waals surface area contributed by atoms with Crippen LogP contribution in [0.2, 0.25) is 5.15 Å². The van der Waals surface area contributed by atoms with Gasteiger partial charge in [-0.15, -0.1) is 0 Å². The number of hydrogen-bond acceptors (Lipinski definition) is 7. The number of benzene rings is 1. The number of nitrogens with one attached hydrogen (secondary N) is 3. The number of halogens is 1. The van der Waals surface area contributed by atoms with Gasteiger partial charge in [-0.2, -0.15) is 5.10 Å². The highest BCUT2D eigenvalue weighted by Gasteiger charge is 2.20. The van der Waals surface area contributed by atoms with E-state index in [4.69, 9.17) is 11.6 Å². The van der Waals surface area contributed by atoms with Crippen LogP contribution in [-0.2, 0) is 17.9 Å². The first-order valence-electron chi connectivity index (χ1n) is 11.0. The number of nitrogens with zero attached hydrogens (tertiary/aromatic N) is 5. The fourth-order valence-electron chi connectivity index (χ4n) is 3.39. The van der Waals surface area contributed by atoms with Crippen LogP contribution < -0.4 is 21.5 Å². The summed E-state index contributed by atoms with van der Waals surface area (Å²) in [5.41, 5.74) is 1.25. The van der Waals surface area contributed by atoms with Gasteiger partial charge in [0.25, 0.3) is 5.56 Å². The van der Waals surface area contributed by atoms with E-state index in [1.54, 1.807) is 11.0 Å². The van der Waals surface area contributed by atoms with E-state index in [1.165, 1.54) is 29.9 Å². The van der Waals surface area contributed by atoms with Gasteiger partial charge < -0.3 is 16.0 Å². The number of para-hydroxylation sites is 1. The molecule has 3 aromatic rings. The highest BCUT2D eigenvalue weighted by Crippen LogP contribution is 2.27. The molecular weight excluding hydrogens is 444 g/mol. The van der Waals surface area contributed by atoms with Gasteiger partial charge in [-0.05, 0) is 49.9 Å². The predicted octanol–water partition coefficient (Wildman–Crippen LogP) is 1.60. The minimum atomic E-state index is -0.424. The third-order valence-corrected chi connectivity index (χ3v) is 5.70. The molecule has 4 rings (SSSR count). The topological polar surface area (TPSA) is 119 Å². The summed E-state index contributed by atoms with van der Waals surface area (Å²) in [6.07, 6.45) is 7.92. The largest absolute Gasteiger partial charge is 0.365 e. The summed E-state index contributed by atoms with van der Waals surface area (Å²) < 4.78 is 2.84. The molecule has 174 valence electrons. The third kappa shape index (κ3) is 6.39. The smallest absolute Gasteiger partial charge is 0.294 e. The van der Waals surface area contributed by atoms with Crippen molar-refractivity contribution < 1.29 is 4.79 Å². The Kier molecular flexibility index (Phi) is 7.69. The van der Waals surface area contributed by atoms with Crippen LogP contribution in [0, 0.1) is 5.92 Å². The molecule has 3 N–H and O–H groups in total. The molecule has 0 radical (unpaired) electrons. The van der Waals surface area contributed by atoms with Crippen molar-refractivity contribution in [1.29, 1.82) is 0 Å². The second kappa shape index (κ2) is 11.1. The van der Waals surface area contributed by atoms with Gasteiger partial charge in [-0.1, -0.05) is 29.8 Å². The molecule has 1 aliphatic carbocycles. The van der Waals surface area contributed by atoms with Crippen LogP contribution in [0.5, 0.6) is 0 Å². The number of rotatable bonds is 12. The van der Waals surface area contributed by atoms with Gasteiger partial charge in [0.2, 0.25) is 5.91 Å². The normalized spacial score (nSPS) is 13.1. The van der Waals surface area contributed by atoms with Crippen molar-refractivity contribution in [3.63, 3.8) is 0 Å². The highest BCUT2D eigenvalue weighted by molar-refractivity contribution is 6.29. The number of carbonyl (C=O) groups excluding carboxylic acids is 1. The lowest BCUT2D eigenvalue weighted by Gasteiger charge is -2.13. The lowest BCUT2D eigenvalue weighted by Crippen LogP contribution is -2.34. The Morgan fingerprint density at radius 2 is 2.06 bits per heavy atom. The first-order chi connectivity index (χ1) is 16.1. The van der Waals surface area contributed by atoms with Crippen LogP contribution in [0.25, 0.3) is 5.69 Å². The van der Waals surface area contributed by atoms with Crippen LogP contribution in [0.15, 0.2) is 47.9 Å². The van der Waals surface area contributed by atoms with Crippen molar-refractivity contribution in [3.05, 3.63) is 64.2 Å². The van der Waals surface area contributed by atoms with Crippen molar-refractivity contribution in [3.8, 4) is 5.69 Å². The lowest BCUT2D eigenvalue weighted by molar-refractivity contribution is -0.121. The summed E-state index contributed by atoms with van der Waals surface area (Å²) in [6, 6.07) is 7.55. The number of amides is 1. The Hall–Kier alpha value is -3.24. The molecule has 1 fully saturated rings. The van der Waals surface area contributed by atoms with E-state index in [2.05, 4.69) is 31.0 Å². The van der Waals surface area contributed by atoms with Crippen LogP contribution in [-0.4, -0.2) is 49.9 Å². The van der Waals surface area contributed by atoms with E-state index in [-0.39, 0.29) is 30.0 Å². The van der Waals surface area contributed by atoms with Crippen molar-refractivity contribution in [2.75, 3.05) is 25.0 Å². The molecule has 2 heterocycles. The van der Waals surface area contributed by atoms with Gasteiger partial charge in [0.1, 0.15) is 24.4 Å². The van der Waals surface area contributed by atoms with Crippen LogP contribution in [0.3, 0.4) is 0 Å². The second-order valence-electron chi connectivity index (χ2n) is 7.99. The molecule has 10 nitrogen and oxygen atoms in total. The Labute approximate surface area is 196 Å². The zero-order chi connectivity index (χ0) is 23.0. The van der Waals surface area contributed by atoms with Crippen LogP contribution in [0.4, 0.5) is 5.82 Å². The van der Waals surface area contributed by atoms with E-state index in [0.29, 0.717) is 6.54 Å². The summed E-state index contributed by atoms with van der Waals surface area (Å²) in [5.74, 6) is 0.685. The molecule has 1 saturated carbocycles. The molecule has 33 heavy (non-hydrogen) atoms. The van der Waals surface area contributed by atoms with Crippen LogP contribution >= 0.6 is 11.6 Å². The SMILES string of the molecule is O=C(Cn1c(Cl)cnc(NCCCNCC2CC2)c1=O)NCc1ccccc1-n1cncn1. The molecule has 0 unspecified atom stereocenters. The molecule has 1 amide bonds. The molecule has 11 heteroatoms. The number of aromatic nitrogens is 5. The van der Waals surface area contributed by atoms with E-state index >= 15 is 0 Å². The van der Waals surface area contributed by atoms with Gasteiger partial charge in [0.05, 0.1) is 11.9 Å². The Balaban J connectivity index is 1.31. The number of anilines is 1. The van der Waals surface area contributed by atoms with Crippen LogP contribution in [0.1, 0.15) is 24.8 Å². The summed E-state index contributed by atoms with van der Waals surface area (Å²) in [5, 5.41) is 13.5. The molecule has 0 bridgehead atoms. The summed E-state index contributed by atoms with van der Waals surface area (Å²) in [6.45, 7) is 2.61. The predicted molar refractivity (Wildman–Crippen MR) is 125 cm³/mol. The minimum Gasteiger partial charge on any atom is -0.365 e. The zero-order valence-corrected chi connectivity index (χ0v) is 19.0. The Morgan fingerprint density at radius 1 is 1.21 bits per heavy atom. The first kappa shape index (κ1) is 22.9. The van der Waals surface area contributed by atoms with Gasteiger partial charge in [0.15, 0.2) is 5.82 Å². The maximum absolute atomic E-state index is 12.8. The van der Waals surface area contributed by atoms with Gasteiger partial charge in [0, 0.05) is 13.1 Å². The molecule has 0 atom stereocenters. The fraction of sp³-hybridized carbons (Fsp3) is 0.409. The molecule has 0 spiro atoms. The monoisotopic (exact) mass is 470 g/mol. The molecule has 0 aliphatic heterocycles. The minimum absolute atomic E-state index is 0.106. The van der Waals surface area contributed by atoms with Crippen molar-refractivity contribution >= 4 is 23.3 Å². The summed E-state index contributed by atoms with van der Waals surface area (Å²) >= 11 is 6.16.